The summed E-state index contributed by atoms with van der Waals surface area (Å²) in [5.74, 6) is 0.396. The van der Waals surface area contributed by atoms with Gasteiger partial charge in [0.2, 0.25) is 0 Å². The number of nitrogens with one attached hydrogen (secondary N) is 2. The molecule has 0 bridgehead atoms. The third-order valence-corrected chi connectivity index (χ3v) is 3.44. The van der Waals surface area contributed by atoms with Crippen molar-refractivity contribution in [1.82, 2.24) is 10.6 Å². The number of guanidine groups is 1. The van der Waals surface area contributed by atoms with Crippen LogP contribution in [-0.2, 0) is 16.1 Å². The summed E-state index contributed by atoms with van der Waals surface area (Å²) >= 11 is 0. The maximum Gasteiger partial charge on any atom is 0.422 e. The smallest absolute Gasteiger partial charge is 0.422 e. The van der Waals surface area contributed by atoms with Gasteiger partial charge in [-0.1, -0.05) is 12.1 Å². The molecular formula is C18H27F3IN3O3. The Labute approximate surface area is 180 Å². The fourth-order valence-electron chi connectivity index (χ4n) is 2.17. The first kappa shape index (κ1) is 26.3. The lowest BCUT2D eigenvalue weighted by atomic mass is 10.1. The van der Waals surface area contributed by atoms with Crippen LogP contribution in [0.4, 0.5) is 13.2 Å². The van der Waals surface area contributed by atoms with Crippen molar-refractivity contribution in [2.45, 2.75) is 39.4 Å². The van der Waals surface area contributed by atoms with E-state index in [1.165, 1.54) is 0 Å². The highest BCUT2D eigenvalue weighted by Gasteiger charge is 2.28. The van der Waals surface area contributed by atoms with Crippen molar-refractivity contribution in [2.75, 3.05) is 26.8 Å². The Hall–Kier alpha value is -1.72. The van der Waals surface area contributed by atoms with Crippen LogP contribution < -0.4 is 15.4 Å². The number of hydrogen-bond donors (Lipinski definition) is 2. The van der Waals surface area contributed by atoms with Gasteiger partial charge in [-0.2, -0.15) is 13.2 Å². The maximum atomic E-state index is 12.4. The standard InChI is InChI=1S/C18H26F3N3O3.HI/c1-4-26-16(25)6-5-9-23-17(22-3)24-11-14-8-7-13(2)10-15(14)27-12-18(19,20)21;/h7-8,10H,4-6,9,11-12H2,1-3H3,(H2,22,23,24);1H. The summed E-state index contributed by atoms with van der Waals surface area (Å²) in [6.07, 6.45) is -3.53. The summed E-state index contributed by atoms with van der Waals surface area (Å²) in [5.41, 5.74) is 1.39. The second-order valence-corrected chi connectivity index (χ2v) is 5.78. The van der Waals surface area contributed by atoms with Gasteiger partial charge in [-0.15, -0.1) is 24.0 Å². The van der Waals surface area contributed by atoms with Gasteiger partial charge in [-0.3, -0.25) is 9.79 Å². The Morgan fingerprint density at radius 3 is 2.57 bits per heavy atom. The van der Waals surface area contributed by atoms with Crippen molar-refractivity contribution in [1.29, 1.82) is 0 Å². The van der Waals surface area contributed by atoms with Gasteiger partial charge in [0.25, 0.3) is 0 Å². The highest BCUT2D eigenvalue weighted by Crippen LogP contribution is 2.23. The first-order valence-electron chi connectivity index (χ1n) is 8.64. The minimum atomic E-state index is -4.40. The lowest BCUT2D eigenvalue weighted by Crippen LogP contribution is -2.37. The van der Waals surface area contributed by atoms with Gasteiger partial charge in [0.1, 0.15) is 5.75 Å². The number of carbonyl (C=O) groups excluding carboxylic acids is 1. The van der Waals surface area contributed by atoms with Gasteiger partial charge < -0.3 is 20.1 Å². The van der Waals surface area contributed by atoms with Crippen LogP contribution in [0, 0.1) is 6.92 Å². The SMILES string of the molecule is CCOC(=O)CCCNC(=NC)NCc1ccc(C)cc1OCC(F)(F)F.I. The first-order valence-corrected chi connectivity index (χ1v) is 8.64. The molecule has 28 heavy (non-hydrogen) atoms. The third-order valence-electron chi connectivity index (χ3n) is 3.44. The largest absolute Gasteiger partial charge is 0.484 e. The lowest BCUT2D eigenvalue weighted by molar-refractivity contribution is -0.153. The number of aliphatic imine (C=N–C) groups is 1. The minimum absolute atomic E-state index is 0. The molecule has 0 saturated heterocycles. The van der Waals surface area contributed by atoms with Crippen molar-refractivity contribution >= 4 is 35.9 Å². The van der Waals surface area contributed by atoms with E-state index in [1.54, 1.807) is 39.1 Å². The number of nitrogens with zero attached hydrogens (tertiary/aromatic N) is 1. The van der Waals surface area contributed by atoms with E-state index in [4.69, 9.17) is 9.47 Å². The summed E-state index contributed by atoms with van der Waals surface area (Å²) < 4.78 is 47.0. The zero-order chi connectivity index (χ0) is 20.3. The molecule has 2 N–H and O–H groups in total. The van der Waals surface area contributed by atoms with Crippen LogP contribution in [0.15, 0.2) is 23.2 Å². The third kappa shape index (κ3) is 11.2. The van der Waals surface area contributed by atoms with Crippen LogP contribution in [-0.4, -0.2) is 44.9 Å². The molecule has 1 aromatic rings. The van der Waals surface area contributed by atoms with Crippen LogP contribution in [0.5, 0.6) is 5.75 Å². The predicted molar refractivity (Wildman–Crippen MR) is 112 cm³/mol. The fraction of sp³-hybridized carbons (Fsp3) is 0.556. The van der Waals surface area contributed by atoms with E-state index >= 15 is 0 Å². The topological polar surface area (TPSA) is 72.0 Å². The Balaban J connectivity index is 0.00000729. The molecule has 0 radical (unpaired) electrons. The number of esters is 1. The van der Waals surface area contributed by atoms with Crippen molar-refractivity contribution in [3.05, 3.63) is 29.3 Å². The molecule has 0 aromatic heterocycles. The molecule has 6 nitrogen and oxygen atoms in total. The molecule has 0 spiro atoms. The number of ether oxygens (including phenoxy) is 2. The quantitative estimate of drug-likeness (QED) is 0.172. The average Bonchev–Trinajstić information content (AvgIpc) is 2.60. The summed E-state index contributed by atoms with van der Waals surface area (Å²) in [5, 5.41) is 6.05. The molecule has 10 heteroatoms. The van der Waals surface area contributed by atoms with E-state index in [2.05, 4.69) is 15.6 Å². The van der Waals surface area contributed by atoms with Crippen molar-refractivity contribution in [3.8, 4) is 5.75 Å². The zero-order valence-electron chi connectivity index (χ0n) is 16.2. The number of aryl methyl sites for hydroxylation is 1. The van der Waals surface area contributed by atoms with Crippen molar-refractivity contribution in [3.63, 3.8) is 0 Å². The summed E-state index contributed by atoms with van der Waals surface area (Å²) in [4.78, 5) is 15.3. The number of alkyl halides is 3. The fourth-order valence-corrected chi connectivity index (χ4v) is 2.17. The monoisotopic (exact) mass is 517 g/mol. The van der Waals surface area contributed by atoms with E-state index in [-0.39, 0.29) is 42.2 Å². The highest BCUT2D eigenvalue weighted by molar-refractivity contribution is 14.0. The molecule has 1 rings (SSSR count). The summed E-state index contributed by atoms with van der Waals surface area (Å²) in [6, 6.07) is 5.08. The van der Waals surface area contributed by atoms with E-state index in [9.17, 15) is 18.0 Å². The van der Waals surface area contributed by atoms with Crippen LogP contribution in [0.25, 0.3) is 0 Å². The van der Waals surface area contributed by atoms with Gasteiger partial charge in [0.05, 0.1) is 6.61 Å². The van der Waals surface area contributed by atoms with Crippen LogP contribution >= 0.6 is 24.0 Å². The molecule has 0 heterocycles. The Morgan fingerprint density at radius 2 is 1.96 bits per heavy atom. The predicted octanol–water partition coefficient (Wildman–Crippen LogP) is 3.56. The van der Waals surface area contributed by atoms with Gasteiger partial charge in [-0.05, 0) is 31.9 Å². The van der Waals surface area contributed by atoms with Crippen molar-refractivity contribution in [2.24, 2.45) is 4.99 Å². The van der Waals surface area contributed by atoms with Crippen LogP contribution in [0.2, 0.25) is 0 Å². The molecule has 1 aromatic carbocycles. The van der Waals surface area contributed by atoms with Crippen molar-refractivity contribution < 1.29 is 27.4 Å². The number of halogens is 4. The molecule has 0 saturated carbocycles. The molecule has 160 valence electrons. The van der Waals surface area contributed by atoms with Crippen LogP contribution in [0.3, 0.4) is 0 Å². The Morgan fingerprint density at radius 1 is 1.25 bits per heavy atom. The van der Waals surface area contributed by atoms with Gasteiger partial charge >= 0.3 is 12.1 Å². The molecular weight excluding hydrogens is 490 g/mol. The number of rotatable bonds is 9. The molecule has 0 aliphatic rings. The van der Waals surface area contributed by atoms with E-state index < -0.39 is 12.8 Å². The van der Waals surface area contributed by atoms with E-state index in [0.29, 0.717) is 37.5 Å². The summed E-state index contributed by atoms with van der Waals surface area (Å²) in [7, 11) is 1.58. The highest BCUT2D eigenvalue weighted by atomic mass is 127. The zero-order valence-corrected chi connectivity index (χ0v) is 18.5. The Kier molecular flexibility index (Phi) is 12.6. The molecule has 0 fully saturated rings. The van der Waals surface area contributed by atoms with E-state index in [0.717, 1.165) is 5.56 Å². The van der Waals surface area contributed by atoms with Gasteiger partial charge in [0.15, 0.2) is 12.6 Å². The second-order valence-electron chi connectivity index (χ2n) is 5.78. The maximum absolute atomic E-state index is 12.4. The second kappa shape index (κ2) is 13.5. The lowest BCUT2D eigenvalue weighted by Gasteiger charge is -2.16. The van der Waals surface area contributed by atoms with E-state index in [1.807, 2.05) is 0 Å². The van der Waals surface area contributed by atoms with Gasteiger partial charge in [-0.25, -0.2) is 0 Å². The number of benzene rings is 1. The first-order chi connectivity index (χ1) is 12.7. The molecule has 0 unspecified atom stereocenters. The molecule has 0 aliphatic carbocycles. The molecule has 0 atom stereocenters. The molecule has 0 amide bonds. The average molecular weight is 517 g/mol. The number of hydrogen-bond acceptors (Lipinski definition) is 4. The Bertz CT molecular complexity index is 640. The summed E-state index contributed by atoms with van der Waals surface area (Å²) in [6.45, 7) is 3.28. The van der Waals surface area contributed by atoms with Gasteiger partial charge in [0, 0.05) is 32.1 Å². The number of carbonyl (C=O) groups is 1. The minimum Gasteiger partial charge on any atom is -0.484 e. The van der Waals surface area contributed by atoms with Crippen LogP contribution in [0.1, 0.15) is 30.9 Å². The molecule has 0 aliphatic heterocycles. The normalized spacial score (nSPS) is 11.4.